The molecule has 0 saturated carbocycles. The van der Waals surface area contributed by atoms with Gasteiger partial charge in [-0.3, -0.25) is 14.5 Å². The highest BCUT2D eigenvalue weighted by Gasteiger charge is 2.49. The molecule has 1 atom stereocenters. The number of imide groups is 1. The fraction of sp³-hybridized carbons (Fsp3) is 0.125. The van der Waals surface area contributed by atoms with Crippen LogP contribution in [-0.2, 0) is 15.1 Å². The second-order valence-corrected chi connectivity index (χ2v) is 8.35. The van der Waals surface area contributed by atoms with Crippen LogP contribution in [0, 0.1) is 0 Å². The van der Waals surface area contributed by atoms with Gasteiger partial charge in [0.1, 0.15) is 17.8 Å². The minimum atomic E-state index is -1.38. The molecular weight excluding hydrogens is 465 g/mol. The largest absolute Gasteiger partial charge is 0.455 e. The minimum absolute atomic E-state index is 0.253. The first-order valence-electron chi connectivity index (χ1n) is 9.99. The first-order chi connectivity index (χ1) is 15.8. The van der Waals surface area contributed by atoms with E-state index >= 15 is 0 Å². The molecule has 9 heteroatoms. The Balaban J connectivity index is 1.49. The molecular formula is C24H19Cl2N3O4. The van der Waals surface area contributed by atoms with Gasteiger partial charge in [0, 0.05) is 0 Å². The van der Waals surface area contributed by atoms with Gasteiger partial charge in [-0.2, -0.15) is 0 Å². The minimum Gasteiger partial charge on any atom is -0.455 e. The molecule has 0 aromatic heterocycles. The van der Waals surface area contributed by atoms with Crippen molar-refractivity contribution in [2.45, 2.75) is 12.5 Å². The first-order valence-corrected chi connectivity index (χ1v) is 10.7. The smallest absolute Gasteiger partial charge is 0.325 e. The van der Waals surface area contributed by atoms with E-state index in [-0.39, 0.29) is 5.02 Å². The number of hydrogen-bond acceptors (Lipinski definition) is 4. The molecule has 2 N–H and O–H groups in total. The Hall–Kier alpha value is -3.55. The van der Waals surface area contributed by atoms with E-state index in [1.165, 1.54) is 6.07 Å². The molecule has 1 aliphatic heterocycles. The number of anilines is 1. The van der Waals surface area contributed by atoms with Crippen molar-refractivity contribution in [3.8, 4) is 11.5 Å². The van der Waals surface area contributed by atoms with Crippen LogP contribution in [0.25, 0.3) is 0 Å². The molecule has 33 heavy (non-hydrogen) atoms. The van der Waals surface area contributed by atoms with Crippen LogP contribution in [0.15, 0.2) is 72.8 Å². The average molecular weight is 484 g/mol. The maximum Gasteiger partial charge on any atom is 0.325 e. The molecule has 0 spiro atoms. The highest BCUT2D eigenvalue weighted by Crippen LogP contribution is 2.33. The van der Waals surface area contributed by atoms with Crippen LogP contribution in [0.2, 0.25) is 10.0 Å². The van der Waals surface area contributed by atoms with E-state index in [9.17, 15) is 14.4 Å². The number of amides is 4. The second kappa shape index (κ2) is 9.13. The Bertz CT molecular complexity index is 1240. The van der Waals surface area contributed by atoms with Gasteiger partial charge in [-0.15, -0.1) is 0 Å². The molecule has 0 radical (unpaired) electrons. The number of nitrogens with zero attached hydrogens (tertiary/aromatic N) is 1. The van der Waals surface area contributed by atoms with E-state index in [4.69, 9.17) is 27.9 Å². The van der Waals surface area contributed by atoms with Crippen LogP contribution in [0.5, 0.6) is 11.5 Å². The third-order valence-electron chi connectivity index (χ3n) is 5.21. The van der Waals surface area contributed by atoms with Crippen LogP contribution < -0.4 is 15.4 Å². The number of benzene rings is 3. The number of rotatable bonds is 6. The average Bonchev–Trinajstić information content (AvgIpc) is 3.01. The summed E-state index contributed by atoms with van der Waals surface area (Å²) in [5, 5.41) is 5.92. The number of nitrogens with one attached hydrogen (secondary N) is 2. The normalized spacial score (nSPS) is 17.6. The number of carbonyl (C=O) groups excluding carboxylic acids is 3. The number of halogens is 2. The van der Waals surface area contributed by atoms with E-state index in [0.29, 0.717) is 27.8 Å². The quantitative estimate of drug-likeness (QED) is 0.472. The molecule has 3 aromatic carbocycles. The lowest BCUT2D eigenvalue weighted by Crippen LogP contribution is -2.42. The summed E-state index contributed by atoms with van der Waals surface area (Å²) in [7, 11) is 0. The summed E-state index contributed by atoms with van der Waals surface area (Å²) in [5.74, 6) is -0.101. The van der Waals surface area contributed by atoms with Crippen molar-refractivity contribution in [2.75, 3.05) is 11.9 Å². The number of hydrogen-bond donors (Lipinski definition) is 2. The van der Waals surface area contributed by atoms with Crippen molar-refractivity contribution < 1.29 is 19.1 Å². The van der Waals surface area contributed by atoms with E-state index in [1.54, 1.807) is 55.5 Å². The van der Waals surface area contributed by atoms with E-state index < -0.39 is 29.9 Å². The number of carbonyl (C=O) groups is 3. The van der Waals surface area contributed by atoms with Gasteiger partial charge in [0.15, 0.2) is 5.75 Å². The summed E-state index contributed by atoms with van der Waals surface area (Å²) in [6.45, 7) is 1.08. The van der Waals surface area contributed by atoms with Crippen LogP contribution in [0.4, 0.5) is 10.5 Å². The first kappa shape index (κ1) is 22.6. The fourth-order valence-electron chi connectivity index (χ4n) is 3.45. The van der Waals surface area contributed by atoms with Gasteiger partial charge in [0.2, 0.25) is 5.91 Å². The van der Waals surface area contributed by atoms with Gasteiger partial charge in [0.25, 0.3) is 5.91 Å². The molecule has 7 nitrogen and oxygen atoms in total. The predicted octanol–water partition coefficient (Wildman–Crippen LogP) is 5.19. The Morgan fingerprint density at radius 3 is 2.42 bits per heavy atom. The predicted molar refractivity (Wildman–Crippen MR) is 126 cm³/mol. The van der Waals surface area contributed by atoms with Gasteiger partial charge in [-0.1, -0.05) is 59.6 Å². The van der Waals surface area contributed by atoms with Crippen molar-refractivity contribution in [1.29, 1.82) is 0 Å². The zero-order chi connectivity index (χ0) is 23.6. The lowest BCUT2D eigenvalue weighted by Gasteiger charge is -2.22. The summed E-state index contributed by atoms with van der Waals surface area (Å²) in [5.41, 5.74) is -0.509. The van der Waals surface area contributed by atoms with Gasteiger partial charge >= 0.3 is 6.03 Å². The Labute approximate surface area is 200 Å². The molecule has 3 aromatic rings. The Morgan fingerprint density at radius 1 is 1.00 bits per heavy atom. The molecule has 0 aliphatic carbocycles. The highest BCUT2D eigenvalue weighted by atomic mass is 35.5. The summed E-state index contributed by atoms with van der Waals surface area (Å²) in [6, 6.07) is 20.0. The second-order valence-electron chi connectivity index (χ2n) is 7.53. The zero-order valence-electron chi connectivity index (χ0n) is 17.5. The number of para-hydroxylation sites is 3. The molecule has 1 heterocycles. The molecule has 4 rings (SSSR count). The van der Waals surface area contributed by atoms with Crippen LogP contribution in [-0.4, -0.2) is 29.3 Å². The van der Waals surface area contributed by atoms with Crippen LogP contribution >= 0.6 is 23.2 Å². The molecule has 1 unspecified atom stereocenters. The lowest BCUT2D eigenvalue weighted by molar-refractivity contribution is -0.133. The topological polar surface area (TPSA) is 87.7 Å². The molecule has 168 valence electrons. The van der Waals surface area contributed by atoms with Crippen molar-refractivity contribution in [1.82, 2.24) is 10.2 Å². The van der Waals surface area contributed by atoms with Crippen molar-refractivity contribution in [3.63, 3.8) is 0 Å². The van der Waals surface area contributed by atoms with Crippen LogP contribution in [0.3, 0.4) is 0 Å². The Morgan fingerprint density at radius 2 is 1.70 bits per heavy atom. The SMILES string of the molecule is CC1(c2ccc(Cl)c(Cl)c2)NC(=O)N(CC(=O)Nc2ccccc2Oc2ccccc2)C1=O. The van der Waals surface area contributed by atoms with Crippen molar-refractivity contribution in [2.24, 2.45) is 0 Å². The maximum absolute atomic E-state index is 13.1. The standard InChI is InChI=1S/C24H19Cl2N3O4/c1-24(15-11-12-17(25)18(26)13-15)22(31)29(23(32)28-24)14-21(30)27-19-9-5-6-10-20(19)33-16-7-3-2-4-8-16/h2-13H,14H2,1H3,(H,27,30)(H,28,32). The van der Waals surface area contributed by atoms with Gasteiger partial charge in [0.05, 0.1) is 15.7 Å². The van der Waals surface area contributed by atoms with Gasteiger partial charge in [-0.05, 0) is 48.9 Å². The molecule has 4 amide bonds. The van der Waals surface area contributed by atoms with Gasteiger partial charge in [-0.25, -0.2) is 4.79 Å². The highest BCUT2D eigenvalue weighted by molar-refractivity contribution is 6.42. The molecule has 1 saturated heterocycles. The third-order valence-corrected chi connectivity index (χ3v) is 5.94. The fourth-order valence-corrected chi connectivity index (χ4v) is 3.75. The summed E-state index contributed by atoms with van der Waals surface area (Å²) in [6.07, 6.45) is 0. The zero-order valence-corrected chi connectivity index (χ0v) is 19.0. The number of urea groups is 1. The van der Waals surface area contributed by atoms with Crippen LogP contribution in [0.1, 0.15) is 12.5 Å². The van der Waals surface area contributed by atoms with E-state index in [1.807, 2.05) is 18.2 Å². The van der Waals surface area contributed by atoms with Crippen molar-refractivity contribution >= 4 is 46.7 Å². The van der Waals surface area contributed by atoms with E-state index in [2.05, 4.69) is 10.6 Å². The Kier molecular flexibility index (Phi) is 6.26. The lowest BCUT2D eigenvalue weighted by atomic mass is 9.92. The summed E-state index contributed by atoms with van der Waals surface area (Å²) < 4.78 is 5.84. The third kappa shape index (κ3) is 4.65. The monoisotopic (exact) mass is 483 g/mol. The molecule has 0 bridgehead atoms. The molecule has 1 fully saturated rings. The van der Waals surface area contributed by atoms with E-state index in [0.717, 1.165) is 4.90 Å². The van der Waals surface area contributed by atoms with Crippen molar-refractivity contribution in [3.05, 3.63) is 88.4 Å². The number of ether oxygens (including phenoxy) is 1. The maximum atomic E-state index is 13.1. The van der Waals surface area contributed by atoms with Gasteiger partial charge < -0.3 is 15.4 Å². The molecule has 1 aliphatic rings. The summed E-state index contributed by atoms with van der Waals surface area (Å²) >= 11 is 12.0. The summed E-state index contributed by atoms with van der Waals surface area (Å²) in [4.78, 5) is 39.2.